The first-order valence-corrected chi connectivity index (χ1v) is 12.2. The van der Waals surface area contributed by atoms with Gasteiger partial charge in [0.15, 0.2) is 0 Å². The number of halogens is 1. The third-order valence-corrected chi connectivity index (χ3v) is 6.97. The summed E-state index contributed by atoms with van der Waals surface area (Å²) in [7, 11) is -3.70. The molecule has 0 fully saturated rings. The van der Waals surface area contributed by atoms with E-state index in [0.29, 0.717) is 31.7 Å². The normalized spacial score (nSPS) is 13.1. The Labute approximate surface area is 193 Å². The number of carbonyl (C=O) groups excluding carboxylic acids is 1. The van der Waals surface area contributed by atoms with Crippen LogP contribution in [-0.4, -0.2) is 20.9 Å². The van der Waals surface area contributed by atoms with Crippen LogP contribution in [0.5, 0.6) is 5.75 Å². The smallest absolute Gasteiger partial charge is 0.240 e. The Morgan fingerprint density at radius 2 is 1.73 bits per heavy atom. The number of fused-ring (bicyclic) bond motifs is 1. The number of hydrogen-bond acceptors (Lipinski definition) is 4. The molecule has 1 aliphatic rings. The molecule has 8 heteroatoms. The number of nitrogens with one attached hydrogen (secondary N) is 1. The molecule has 1 heterocycles. The first-order chi connectivity index (χ1) is 15.9. The fourth-order valence-corrected chi connectivity index (χ4v) is 4.78. The number of amides is 1. The molecular weight excluding hydrogens is 443 g/mol. The lowest BCUT2D eigenvalue weighted by molar-refractivity contribution is -0.118. The Hall–Kier alpha value is -3.23. The molecule has 1 N–H and O–H groups in total. The van der Waals surface area contributed by atoms with Crippen molar-refractivity contribution in [1.29, 1.82) is 0 Å². The van der Waals surface area contributed by atoms with E-state index in [4.69, 9.17) is 4.74 Å². The molecule has 33 heavy (non-hydrogen) atoms. The quantitative estimate of drug-likeness (QED) is 0.538. The average Bonchev–Trinajstić information content (AvgIpc) is 3.26. The molecule has 1 aliphatic heterocycles. The lowest BCUT2D eigenvalue weighted by Gasteiger charge is -2.16. The second-order valence-corrected chi connectivity index (χ2v) is 9.59. The van der Waals surface area contributed by atoms with Gasteiger partial charge in [-0.3, -0.25) is 4.79 Å². The van der Waals surface area contributed by atoms with Crippen LogP contribution in [0.25, 0.3) is 0 Å². The van der Waals surface area contributed by atoms with Gasteiger partial charge in [0.05, 0.1) is 4.90 Å². The van der Waals surface area contributed by atoms with E-state index in [1.165, 1.54) is 18.2 Å². The number of rotatable bonds is 8. The molecule has 4 rings (SSSR count). The van der Waals surface area contributed by atoms with E-state index in [1.54, 1.807) is 53.4 Å². The van der Waals surface area contributed by atoms with Crippen molar-refractivity contribution >= 4 is 21.6 Å². The van der Waals surface area contributed by atoms with Crippen molar-refractivity contribution in [2.75, 3.05) is 11.4 Å². The monoisotopic (exact) mass is 468 g/mol. The molecule has 0 aromatic heterocycles. The lowest BCUT2D eigenvalue weighted by Crippen LogP contribution is -2.27. The van der Waals surface area contributed by atoms with E-state index >= 15 is 0 Å². The molecule has 3 aromatic carbocycles. The van der Waals surface area contributed by atoms with Gasteiger partial charge in [-0.2, -0.15) is 0 Å². The summed E-state index contributed by atoms with van der Waals surface area (Å²) in [5, 5.41) is 0. The molecule has 0 spiro atoms. The first kappa shape index (κ1) is 22.9. The maximum atomic E-state index is 13.0. The van der Waals surface area contributed by atoms with Gasteiger partial charge in [0.2, 0.25) is 15.9 Å². The van der Waals surface area contributed by atoms with Crippen LogP contribution in [0.3, 0.4) is 0 Å². The summed E-state index contributed by atoms with van der Waals surface area (Å²) >= 11 is 0. The molecular formula is C25H25FN2O4S. The lowest BCUT2D eigenvalue weighted by atomic mass is 10.2. The van der Waals surface area contributed by atoms with Crippen molar-refractivity contribution in [3.63, 3.8) is 0 Å². The Balaban J connectivity index is 1.35. The number of anilines is 1. The summed E-state index contributed by atoms with van der Waals surface area (Å²) < 4.78 is 46.9. The highest BCUT2D eigenvalue weighted by Gasteiger charge is 2.25. The van der Waals surface area contributed by atoms with Gasteiger partial charge in [-0.15, -0.1) is 0 Å². The first-order valence-electron chi connectivity index (χ1n) is 10.7. The highest BCUT2D eigenvalue weighted by molar-refractivity contribution is 7.89. The van der Waals surface area contributed by atoms with Crippen LogP contribution in [-0.2, 0) is 34.4 Å². The van der Waals surface area contributed by atoms with Gasteiger partial charge in [-0.25, -0.2) is 17.5 Å². The number of ether oxygens (including phenoxy) is 1. The highest BCUT2D eigenvalue weighted by atomic mass is 32.2. The predicted octanol–water partition coefficient (Wildman–Crippen LogP) is 4.18. The minimum Gasteiger partial charge on any atom is -0.489 e. The zero-order valence-corrected chi connectivity index (χ0v) is 19.1. The number of sulfonamides is 1. The Bertz CT molecular complexity index is 1240. The van der Waals surface area contributed by atoms with Crippen molar-refractivity contribution in [2.45, 2.75) is 37.8 Å². The van der Waals surface area contributed by atoms with Crippen LogP contribution < -0.4 is 14.4 Å². The van der Waals surface area contributed by atoms with Crippen molar-refractivity contribution in [1.82, 2.24) is 4.72 Å². The maximum absolute atomic E-state index is 13.0. The van der Waals surface area contributed by atoms with E-state index in [2.05, 4.69) is 4.72 Å². The van der Waals surface area contributed by atoms with Gasteiger partial charge >= 0.3 is 0 Å². The summed E-state index contributed by atoms with van der Waals surface area (Å²) in [4.78, 5) is 13.9. The van der Waals surface area contributed by atoms with Crippen LogP contribution in [0.4, 0.5) is 10.1 Å². The second-order valence-electron chi connectivity index (χ2n) is 7.82. The van der Waals surface area contributed by atoms with E-state index in [1.807, 2.05) is 6.92 Å². The fourth-order valence-electron chi connectivity index (χ4n) is 3.71. The minimum absolute atomic E-state index is 0.0348. The van der Waals surface area contributed by atoms with Crippen LogP contribution in [0.1, 0.15) is 30.0 Å². The zero-order chi connectivity index (χ0) is 23.4. The summed E-state index contributed by atoms with van der Waals surface area (Å²) in [6, 6.07) is 18.1. The van der Waals surface area contributed by atoms with Gasteiger partial charge in [-0.1, -0.05) is 31.2 Å². The SMILES string of the molecule is CCC(=O)N1CCc2cc(S(=O)(=O)NCc3ccc(OCc4ccc(F)cc4)cc3)ccc21. The van der Waals surface area contributed by atoms with Gasteiger partial charge in [0, 0.05) is 25.2 Å². The van der Waals surface area contributed by atoms with E-state index in [0.717, 1.165) is 22.4 Å². The Morgan fingerprint density at radius 1 is 1.03 bits per heavy atom. The third kappa shape index (κ3) is 5.40. The number of hydrogen-bond donors (Lipinski definition) is 1. The topological polar surface area (TPSA) is 75.7 Å². The molecule has 0 unspecified atom stereocenters. The zero-order valence-electron chi connectivity index (χ0n) is 18.3. The van der Waals surface area contributed by atoms with Crippen LogP contribution in [0, 0.1) is 5.82 Å². The van der Waals surface area contributed by atoms with Gasteiger partial charge in [-0.05, 0) is 65.6 Å². The molecule has 1 amide bonds. The molecule has 172 valence electrons. The van der Waals surface area contributed by atoms with Gasteiger partial charge < -0.3 is 9.64 Å². The maximum Gasteiger partial charge on any atom is 0.240 e. The van der Waals surface area contributed by atoms with Gasteiger partial charge in [0.25, 0.3) is 0 Å². The molecule has 0 saturated heterocycles. The summed E-state index contributed by atoms with van der Waals surface area (Å²) in [6.07, 6.45) is 1.06. The Morgan fingerprint density at radius 3 is 2.42 bits per heavy atom. The standard InChI is InChI=1S/C25H25FN2O4S/c1-2-25(29)28-14-13-20-15-23(11-12-24(20)28)33(30,31)27-16-18-5-9-22(10-6-18)32-17-19-3-7-21(26)8-4-19/h3-12,15,27H,2,13-14,16-17H2,1H3. The third-order valence-electron chi connectivity index (χ3n) is 5.57. The van der Waals surface area contributed by atoms with Gasteiger partial charge in [0.1, 0.15) is 18.2 Å². The molecule has 0 radical (unpaired) electrons. The summed E-state index contributed by atoms with van der Waals surface area (Å²) in [5.41, 5.74) is 3.29. The fraction of sp³-hybridized carbons (Fsp3) is 0.240. The molecule has 0 aliphatic carbocycles. The molecule has 3 aromatic rings. The highest BCUT2D eigenvalue weighted by Crippen LogP contribution is 2.30. The summed E-state index contributed by atoms with van der Waals surface area (Å²) in [5.74, 6) is 0.377. The second kappa shape index (κ2) is 9.72. The number of benzene rings is 3. The van der Waals surface area contributed by atoms with Crippen molar-refractivity contribution in [3.8, 4) is 5.75 Å². The molecule has 6 nitrogen and oxygen atoms in total. The van der Waals surface area contributed by atoms with E-state index in [9.17, 15) is 17.6 Å². The number of carbonyl (C=O) groups is 1. The van der Waals surface area contributed by atoms with Crippen molar-refractivity contribution in [3.05, 3.63) is 89.2 Å². The number of nitrogens with zero attached hydrogens (tertiary/aromatic N) is 1. The largest absolute Gasteiger partial charge is 0.489 e. The summed E-state index contributed by atoms with van der Waals surface area (Å²) in [6.45, 7) is 2.84. The van der Waals surface area contributed by atoms with Crippen molar-refractivity contribution in [2.24, 2.45) is 0 Å². The van der Waals surface area contributed by atoms with Crippen molar-refractivity contribution < 1.29 is 22.3 Å². The van der Waals surface area contributed by atoms with E-state index < -0.39 is 10.0 Å². The Kier molecular flexibility index (Phi) is 6.76. The minimum atomic E-state index is -3.70. The van der Waals surface area contributed by atoms with E-state index in [-0.39, 0.29) is 23.2 Å². The molecule has 0 bridgehead atoms. The van der Waals surface area contributed by atoms with Crippen LogP contribution >= 0.6 is 0 Å². The predicted molar refractivity (Wildman–Crippen MR) is 124 cm³/mol. The van der Waals surface area contributed by atoms with Crippen LogP contribution in [0.15, 0.2) is 71.6 Å². The van der Waals surface area contributed by atoms with Crippen LogP contribution in [0.2, 0.25) is 0 Å². The average molecular weight is 469 g/mol. The molecule has 0 atom stereocenters. The molecule has 0 saturated carbocycles.